The van der Waals surface area contributed by atoms with Gasteiger partial charge in [0, 0.05) is 5.69 Å². The zero-order valence-corrected chi connectivity index (χ0v) is 19.1. The van der Waals surface area contributed by atoms with Crippen molar-refractivity contribution >= 4 is 44.7 Å². The van der Waals surface area contributed by atoms with Crippen LogP contribution in [0.3, 0.4) is 0 Å². The highest BCUT2D eigenvalue weighted by Crippen LogP contribution is 2.33. The SMILES string of the molecule is Fc1cccc(COc2ccc(Nc3ncnc4sc(C#CC5CCCN5)cc34)cc2Cl)c1. The molecule has 2 N–H and O–H groups in total. The minimum absolute atomic E-state index is 0.228. The van der Waals surface area contributed by atoms with E-state index in [0.717, 1.165) is 39.3 Å². The predicted molar refractivity (Wildman–Crippen MR) is 131 cm³/mol. The van der Waals surface area contributed by atoms with Gasteiger partial charge in [-0.2, -0.15) is 0 Å². The second-order valence-electron chi connectivity index (χ2n) is 7.66. The largest absolute Gasteiger partial charge is 0.487 e. The average molecular weight is 479 g/mol. The van der Waals surface area contributed by atoms with Gasteiger partial charge in [-0.1, -0.05) is 35.6 Å². The Balaban J connectivity index is 1.31. The molecule has 0 radical (unpaired) electrons. The van der Waals surface area contributed by atoms with Crippen LogP contribution in [-0.4, -0.2) is 22.6 Å². The Morgan fingerprint density at radius 3 is 2.97 bits per heavy atom. The lowest BCUT2D eigenvalue weighted by Crippen LogP contribution is -2.18. The molecule has 3 heterocycles. The fourth-order valence-corrected chi connectivity index (χ4v) is 4.70. The molecule has 8 heteroatoms. The van der Waals surface area contributed by atoms with Crippen LogP contribution in [-0.2, 0) is 6.61 Å². The minimum atomic E-state index is -0.296. The van der Waals surface area contributed by atoms with E-state index in [1.54, 1.807) is 35.6 Å². The van der Waals surface area contributed by atoms with E-state index in [1.165, 1.54) is 24.9 Å². The molecule has 33 heavy (non-hydrogen) atoms. The van der Waals surface area contributed by atoms with Gasteiger partial charge in [0.2, 0.25) is 0 Å². The van der Waals surface area contributed by atoms with Crippen molar-refractivity contribution in [1.82, 2.24) is 15.3 Å². The highest BCUT2D eigenvalue weighted by atomic mass is 35.5. The van der Waals surface area contributed by atoms with Crippen molar-refractivity contribution in [1.29, 1.82) is 0 Å². The van der Waals surface area contributed by atoms with E-state index in [9.17, 15) is 4.39 Å². The zero-order chi connectivity index (χ0) is 22.6. The number of ether oxygens (including phenoxy) is 1. The molecule has 1 aliphatic rings. The van der Waals surface area contributed by atoms with E-state index < -0.39 is 0 Å². The van der Waals surface area contributed by atoms with E-state index in [-0.39, 0.29) is 18.5 Å². The standard InChI is InChI=1S/C25H20ClFN4OS/c26-22-12-19(7-9-23(22)32-14-16-3-1-4-17(27)11-16)31-24-21-13-20(33-25(21)30-15-29-24)8-6-18-5-2-10-28-18/h1,3-4,7,9,11-13,15,18,28H,2,5,10,14H2,(H,29,30,31). The predicted octanol–water partition coefficient (Wildman–Crippen LogP) is 5.91. The fourth-order valence-electron chi connectivity index (χ4n) is 3.60. The number of thiophene rings is 1. The van der Waals surface area contributed by atoms with Gasteiger partial charge in [-0.05, 0) is 61.3 Å². The van der Waals surface area contributed by atoms with Crippen molar-refractivity contribution in [2.24, 2.45) is 0 Å². The summed E-state index contributed by atoms with van der Waals surface area (Å²) in [4.78, 5) is 10.6. The molecule has 1 fully saturated rings. The van der Waals surface area contributed by atoms with Crippen LogP contribution >= 0.6 is 22.9 Å². The van der Waals surface area contributed by atoms with Crippen LogP contribution < -0.4 is 15.4 Å². The van der Waals surface area contributed by atoms with Crippen LogP contribution in [0.5, 0.6) is 5.75 Å². The molecule has 2 aromatic heterocycles. The third-order valence-corrected chi connectivity index (χ3v) is 6.49. The average Bonchev–Trinajstić information content (AvgIpc) is 3.47. The number of fused-ring (bicyclic) bond motifs is 1. The van der Waals surface area contributed by atoms with Crippen molar-refractivity contribution in [3.63, 3.8) is 0 Å². The Hall–Kier alpha value is -3.18. The molecular weight excluding hydrogens is 459 g/mol. The maximum absolute atomic E-state index is 13.3. The van der Waals surface area contributed by atoms with E-state index in [2.05, 4.69) is 32.4 Å². The van der Waals surface area contributed by atoms with Crippen LogP contribution in [0.25, 0.3) is 10.2 Å². The molecule has 0 aliphatic carbocycles. The summed E-state index contributed by atoms with van der Waals surface area (Å²) < 4.78 is 19.1. The molecule has 0 spiro atoms. The molecule has 166 valence electrons. The van der Waals surface area contributed by atoms with Crippen molar-refractivity contribution in [2.75, 3.05) is 11.9 Å². The van der Waals surface area contributed by atoms with Gasteiger partial charge in [0.05, 0.1) is 21.3 Å². The molecule has 1 atom stereocenters. The Morgan fingerprint density at radius 1 is 1.21 bits per heavy atom. The van der Waals surface area contributed by atoms with Crippen LogP contribution in [0.4, 0.5) is 15.9 Å². The van der Waals surface area contributed by atoms with Gasteiger partial charge in [-0.3, -0.25) is 0 Å². The molecule has 5 nitrogen and oxygen atoms in total. The molecule has 1 unspecified atom stereocenters. The lowest BCUT2D eigenvalue weighted by Gasteiger charge is -2.11. The first-order valence-electron chi connectivity index (χ1n) is 10.6. The van der Waals surface area contributed by atoms with Crippen LogP contribution in [0.15, 0.2) is 54.9 Å². The third-order valence-electron chi connectivity index (χ3n) is 5.24. The monoisotopic (exact) mass is 478 g/mol. The summed E-state index contributed by atoms with van der Waals surface area (Å²) in [6.07, 6.45) is 3.80. The molecule has 4 aromatic rings. The Kier molecular flexibility index (Phi) is 6.40. The van der Waals surface area contributed by atoms with Crippen molar-refractivity contribution in [3.8, 4) is 17.6 Å². The smallest absolute Gasteiger partial charge is 0.142 e. The molecule has 0 saturated carbocycles. The van der Waals surface area contributed by atoms with Crippen LogP contribution in [0.2, 0.25) is 5.02 Å². The van der Waals surface area contributed by atoms with E-state index in [4.69, 9.17) is 16.3 Å². The van der Waals surface area contributed by atoms with Crippen molar-refractivity contribution in [3.05, 3.63) is 76.1 Å². The summed E-state index contributed by atoms with van der Waals surface area (Å²) in [5.74, 6) is 7.47. The first-order chi connectivity index (χ1) is 16.1. The highest BCUT2D eigenvalue weighted by Gasteiger charge is 2.12. The third kappa shape index (κ3) is 5.25. The fraction of sp³-hybridized carbons (Fsp3) is 0.200. The Bertz CT molecular complexity index is 1360. The number of anilines is 2. The quantitative estimate of drug-likeness (QED) is 0.349. The lowest BCUT2D eigenvalue weighted by molar-refractivity contribution is 0.306. The summed E-state index contributed by atoms with van der Waals surface area (Å²) in [7, 11) is 0. The number of halogens is 2. The second-order valence-corrected chi connectivity index (χ2v) is 9.10. The number of nitrogens with one attached hydrogen (secondary N) is 2. The van der Waals surface area contributed by atoms with Gasteiger partial charge in [-0.25, -0.2) is 14.4 Å². The minimum Gasteiger partial charge on any atom is -0.487 e. The highest BCUT2D eigenvalue weighted by molar-refractivity contribution is 7.19. The number of rotatable bonds is 5. The van der Waals surface area contributed by atoms with Crippen molar-refractivity contribution in [2.45, 2.75) is 25.5 Å². The normalized spacial score (nSPS) is 15.3. The molecule has 0 bridgehead atoms. The van der Waals surface area contributed by atoms with Gasteiger partial charge in [0.1, 0.15) is 35.1 Å². The summed E-state index contributed by atoms with van der Waals surface area (Å²) in [6, 6.07) is 14.0. The molecule has 1 saturated heterocycles. The number of aromatic nitrogens is 2. The number of hydrogen-bond acceptors (Lipinski definition) is 6. The lowest BCUT2D eigenvalue weighted by atomic mass is 10.2. The topological polar surface area (TPSA) is 59.1 Å². The van der Waals surface area contributed by atoms with Crippen molar-refractivity contribution < 1.29 is 9.13 Å². The van der Waals surface area contributed by atoms with Gasteiger partial charge < -0.3 is 15.4 Å². The zero-order valence-electron chi connectivity index (χ0n) is 17.6. The molecule has 2 aromatic carbocycles. The number of hydrogen-bond donors (Lipinski definition) is 2. The molecule has 0 amide bonds. The summed E-state index contributed by atoms with van der Waals surface area (Å²) in [5.41, 5.74) is 1.50. The number of nitrogens with zero attached hydrogens (tertiary/aromatic N) is 2. The van der Waals surface area contributed by atoms with Gasteiger partial charge >= 0.3 is 0 Å². The maximum Gasteiger partial charge on any atom is 0.142 e. The van der Waals surface area contributed by atoms with E-state index >= 15 is 0 Å². The maximum atomic E-state index is 13.3. The van der Waals surface area contributed by atoms with Gasteiger partial charge in [0.15, 0.2) is 0 Å². The van der Waals surface area contributed by atoms with E-state index in [1.807, 2.05) is 12.1 Å². The van der Waals surface area contributed by atoms with E-state index in [0.29, 0.717) is 16.6 Å². The Morgan fingerprint density at radius 2 is 2.15 bits per heavy atom. The molecule has 1 aliphatic heterocycles. The molecule has 5 rings (SSSR count). The summed E-state index contributed by atoms with van der Waals surface area (Å²) in [6.45, 7) is 1.26. The Labute approximate surface area is 200 Å². The summed E-state index contributed by atoms with van der Waals surface area (Å²) >= 11 is 7.98. The molecular formula is C25H20ClFN4OS. The first-order valence-corrected chi connectivity index (χ1v) is 11.8. The number of benzene rings is 2. The van der Waals surface area contributed by atoms with Gasteiger partial charge in [0.25, 0.3) is 0 Å². The summed E-state index contributed by atoms with van der Waals surface area (Å²) in [5, 5.41) is 8.06. The van der Waals surface area contributed by atoms with Crippen LogP contribution in [0.1, 0.15) is 23.3 Å². The van der Waals surface area contributed by atoms with Gasteiger partial charge in [-0.15, -0.1) is 11.3 Å². The second kappa shape index (κ2) is 9.75. The van der Waals surface area contributed by atoms with Crippen LogP contribution in [0, 0.1) is 17.7 Å². The first kappa shape index (κ1) is 21.7.